The van der Waals surface area contributed by atoms with Crippen LogP contribution in [0.2, 0.25) is 0 Å². The Balaban J connectivity index is 1.31. The summed E-state index contributed by atoms with van der Waals surface area (Å²) in [6, 6.07) is 6.68. The second-order valence-electron chi connectivity index (χ2n) is 10.7. The van der Waals surface area contributed by atoms with Crippen molar-refractivity contribution in [2.45, 2.75) is 81.2 Å². The van der Waals surface area contributed by atoms with E-state index in [1.165, 1.54) is 6.07 Å². The zero-order chi connectivity index (χ0) is 26.6. The summed E-state index contributed by atoms with van der Waals surface area (Å²) in [7, 11) is 0. The molecule has 0 spiro atoms. The van der Waals surface area contributed by atoms with Crippen LogP contribution in [0.5, 0.6) is 0 Å². The van der Waals surface area contributed by atoms with Crippen LogP contribution < -0.4 is 5.32 Å². The number of anilines is 1. The van der Waals surface area contributed by atoms with Crippen molar-refractivity contribution < 1.29 is 19.5 Å². The molecular formula is C25H31N7O5S. The smallest absolute Gasteiger partial charge is 0.269 e. The molecule has 6 rings (SSSR count). The standard InChI is InChI=1S/C25H31N7O5S/c1-4-8-38-24-27-22(26-17-11-16(17)13-6-5-7-15(9-13)32(34)35)19-23(28-24)31(30-29-19)18-10-14(12-33)20-21(18)37-25(2,3)36-20/h5-7,9,14,16-18,20-21,33H,4,8,10-12H2,1-3H3,(H,26,27,28). The van der Waals surface area contributed by atoms with E-state index in [2.05, 4.69) is 22.6 Å². The van der Waals surface area contributed by atoms with Crippen molar-refractivity contribution >= 4 is 34.4 Å². The van der Waals surface area contributed by atoms with Crippen molar-refractivity contribution in [2.75, 3.05) is 17.7 Å². The summed E-state index contributed by atoms with van der Waals surface area (Å²) in [5.74, 6) is 0.818. The summed E-state index contributed by atoms with van der Waals surface area (Å²) in [6.45, 7) is 5.88. The van der Waals surface area contributed by atoms with Crippen LogP contribution in [0.25, 0.3) is 11.2 Å². The third-order valence-electron chi connectivity index (χ3n) is 7.46. The van der Waals surface area contributed by atoms with Crippen LogP contribution in [-0.2, 0) is 9.47 Å². The van der Waals surface area contributed by atoms with Gasteiger partial charge >= 0.3 is 0 Å². The summed E-state index contributed by atoms with van der Waals surface area (Å²) in [5.41, 5.74) is 2.21. The van der Waals surface area contributed by atoms with E-state index in [0.717, 1.165) is 24.2 Å². The normalized spacial score (nSPS) is 29.5. The van der Waals surface area contributed by atoms with Crippen molar-refractivity contribution in [3.63, 3.8) is 0 Å². The Labute approximate surface area is 223 Å². The topological polar surface area (TPSA) is 150 Å². The molecule has 3 aliphatic rings. The molecule has 1 saturated heterocycles. The van der Waals surface area contributed by atoms with Crippen molar-refractivity contribution in [3.05, 3.63) is 39.9 Å². The number of rotatable bonds is 9. The number of benzene rings is 1. The van der Waals surface area contributed by atoms with Gasteiger partial charge in [0.2, 0.25) is 0 Å². The van der Waals surface area contributed by atoms with E-state index in [1.54, 1.807) is 28.6 Å². The lowest BCUT2D eigenvalue weighted by Crippen LogP contribution is -2.28. The second kappa shape index (κ2) is 9.70. The monoisotopic (exact) mass is 541 g/mol. The van der Waals surface area contributed by atoms with Crippen LogP contribution in [0.15, 0.2) is 29.4 Å². The average Bonchev–Trinajstić information content (AvgIpc) is 3.23. The fraction of sp³-hybridized carbons (Fsp3) is 0.600. The van der Waals surface area contributed by atoms with Gasteiger partial charge in [-0.15, -0.1) is 5.10 Å². The molecular weight excluding hydrogens is 510 g/mol. The molecule has 12 nitrogen and oxygen atoms in total. The average molecular weight is 542 g/mol. The summed E-state index contributed by atoms with van der Waals surface area (Å²) in [6.07, 6.45) is 1.96. The molecule has 2 N–H and O–H groups in total. The first-order valence-corrected chi connectivity index (χ1v) is 14.0. The van der Waals surface area contributed by atoms with Crippen molar-refractivity contribution in [3.8, 4) is 0 Å². The molecule has 3 fully saturated rings. The van der Waals surface area contributed by atoms with Crippen LogP contribution in [0.4, 0.5) is 11.5 Å². The second-order valence-corrected chi connectivity index (χ2v) is 11.7. The number of thioether (sulfide) groups is 1. The number of hydrogen-bond donors (Lipinski definition) is 2. The third-order valence-corrected chi connectivity index (χ3v) is 8.51. The fourth-order valence-corrected chi connectivity index (χ4v) is 6.33. The number of hydrogen-bond acceptors (Lipinski definition) is 11. The highest BCUT2D eigenvalue weighted by molar-refractivity contribution is 7.99. The fourth-order valence-electron chi connectivity index (χ4n) is 5.63. The van der Waals surface area contributed by atoms with Gasteiger partial charge in [0.1, 0.15) is 6.10 Å². The lowest BCUT2D eigenvalue weighted by molar-refractivity contribution is -0.384. The molecule has 38 heavy (non-hydrogen) atoms. The quantitative estimate of drug-likeness (QED) is 0.177. The summed E-state index contributed by atoms with van der Waals surface area (Å²) >= 11 is 1.58. The molecule has 13 heteroatoms. The zero-order valence-corrected chi connectivity index (χ0v) is 22.3. The van der Waals surface area contributed by atoms with E-state index in [1.807, 2.05) is 19.9 Å². The minimum absolute atomic E-state index is 0.00381. The van der Waals surface area contributed by atoms with Gasteiger partial charge < -0.3 is 19.9 Å². The highest BCUT2D eigenvalue weighted by Gasteiger charge is 2.55. The van der Waals surface area contributed by atoms with Gasteiger partial charge in [-0.3, -0.25) is 10.1 Å². The minimum Gasteiger partial charge on any atom is -0.396 e. The molecule has 2 aliphatic carbocycles. The number of aliphatic hydroxyl groups excluding tert-OH is 1. The van der Waals surface area contributed by atoms with Gasteiger partial charge in [0.15, 0.2) is 27.9 Å². The van der Waals surface area contributed by atoms with E-state index in [0.29, 0.717) is 28.6 Å². The van der Waals surface area contributed by atoms with E-state index >= 15 is 0 Å². The predicted octanol–water partition coefficient (Wildman–Crippen LogP) is 3.67. The number of ether oxygens (including phenoxy) is 2. The first-order chi connectivity index (χ1) is 18.3. The van der Waals surface area contributed by atoms with Crippen LogP contribution in [0.3, 0.4) is 0 Å². The van der Waals surface area contributed by atoms with Gasteiger partial charge in [-0.1, -0.05) is 36.0 Å². The largest absolute Gasteiger partial charge is 0.396 e. The van der Waals surface area contributed by atoms with E-state index in [9.17, 15) is 15.2 Å². The summed E-state index contributed by atoms with van der Waals surface area (Å²) in [5, 5.41) is 34.3. The predicted molar refractivity (Wildman–Crippen MR) is 140 cm³/mol. The molecule has 3 heterocycles. The molecule has 0 bridgehead atoms. The molecule has 6 unspecified atom stereocenters. The number of nitrogens with one attached hydrogen (secondary N) is 1. The lowest BCUT2D eigenvalue weighted by Gasteiger charge is -2.23. The number of fused-ring (bicyclic) bond motifs is 2. The van der Waals surface area contributed by atoms with Crippen LogP contribution in [-0.4, -0.2) is 71.4 Å². The van der Waals surface area contributed by atoms with Gasteiger partial charge in [-0.05, 0) is 38.7 Å². The van der Waals surface area contributed by atoms with Crippen LogP contribution >= 0.6 is 11.8 Å². The molecule has 6 atom stereocenters. The van der Waals surface area contributed by atoms with Crippen molar-refractivity contribution in [1.29, 1.82) is 0 Å². The number of aromatic nitrogens is 5. The molecule has 202 valence electrons. The first kappa shape index (κ1) is 25.4. The Morgan fingerprint density at radius 2 is 2.08 bits per heavy atom. The highest BCUT2D eigenvalue weighted by atomic mass is 32.2. The van der Waals surface area contributed by atoms with Crippen molar-refractivity contribution in [2.24, 2.45) is 5.92 Å². The third kappa shape index (κ3) is 4.61. The van der Waals surface area contributed by atoms with E-state index in [4.69, 9.17) is 19.4 Å². The Morgan fingerprint density at radius 3 is 2.84 bits per heavy atom. The van der Waals surface area contributed by atoms with Gasteiger partial charge in [0.05, 0.1) is 17.1 Å². The zero-order valence-electron chi connectivity index (χ0n) is 21.5. The Kier molecular flexibility index (Phi) is 6.49. The molecule has 3 aromatic rings. The molecule has 0 amide bonds. The lowest BCUT2D eigenvalue weighted by atomic mass is 10.1. The van der Waals surface area contributed by atoms with Crippen LogP contribution in [0.1, 0.15) is 57.6 Å². The van der Waals surface area contributed by atoms with Gasteiger partial charge in [-0.25, -0.2) is 14.6 Å². The molecule has 1 aromatic carbocycles. The summed E-state index contributed by atoms with van der Waals surface area (Å²) in [4.78, 5) is 20.5. The maximum Gasteiger partial charge on any atom is 0.269 e. The summed E-state index contributed by atoms with van der Waals surface area (Å²) < 4.78 is 14.2. The van der Waals surface area contributed by atoms with Gasteiger partial charge in [0.25, 0.3) is 5.69 Å². The Hall–Kier alpha value is -2.87. The number of nitrogens with zero attached hydrogens (tertiary/aromatic N) is 6. The number of aliphatic hydroxyl groups is 1. The number of nitro groups is 1. The van der Waals surface area contributed by atoms with Crippen LogP contribution in [0, 0.1) is 16.0 Å². The van der Waals surface area contributed by atoms with E-state index < -0.39 is 5.79 Å². The first-order valence-electron chi connectivity index (χ1n) is 13.0. The van der Waals surface area contributed by atoms with Gasteiger partial charge in [-0.2, -0.15) is 0 Å². The van der Waals surface area contributed by atoms with E-state index in [-0.39, 0.29) is 53.3 Å². The molecule has 0 radical (unpaired) electrons. The Morgan fingerprint density at radius 1 is 1.26 bits per heavy atom. The number of nitro benzene ring substituents is 1. The maximum absolute atomic E-state index is 11.2. The maximum atomic E-state index is 11.2. The molecule has 1 aliphatic heterocycles. The number of non-ortho nitro benzene ring substituents is 1. The molecule has 2 saturated carbocycles. The Bertz CT molecular complexity index is 1370. The van der Waals surface area contributed by atoms with Gasteiger partial charge in [0, 0.05) is 42.4 Å². The minimum atomic E-state index is -0.741. The highest BCUT2D eigenvalue weighted by Crippen LogP contribution is 2.48. The van der Waals surface area contributed by atoms with Crippen molar-refractivity contribution in [1.82, 2.24) is 25.0 Å². The SMILES string of the molecule is CCCSc1nc(NC2CC2c2cccc([N+](=O)[O-])c2)c2nnn(C3CC(CO)C4OC(C)(C)OC43)c2n1. The molecule has 2 aromatic heterocycles.